The molecule has 2 aromatic rings. The Morgan fingerprint density at radius 3 is 2.67 bits per heavy atom. The Bertz CT molecular complexity index is 1010. The van der Waals surface area contributed by atoms with Gasteiger partial charge in [-0.25, -0.2) is 0 Å². The van der Waals surface area contributed by atoms with E-state index >= 15 is 0 Å². The van der Waals surface area contributed by atoms with Gasteiger partial charge in [-0.15, -0.1) is 11.8 Å². The molecule has 1 N–H and O–H groups in total. The van der Waals surface area contributed by atoms with Gasteiger partial charge in [0.25, 0.3) is 5.69 Å². The predicted octanol–water partition coefficient (Wildman–Crippen LogP) is 3.40. The number of carbonyl (C=O) groups excluding carboxylic acids is 2. The minimum absolute atomic E-state index is 0.0614. The Labute approximate surface area is 182 Å². The summed E-state index contributed by atoms with van der Waals surface area (Å²) in [6.07, 6.45) is 0.101. The third-order valence-corrected chi connectivity index (χ3v) is 6.68. The van der Waals surface area contributed by atoms with E-state index < -0.39 is 10.2 Å². The molecule has 1 fully saturated rings. The molecule has 2 aliphatic rings. The maximum absolute atomic E-state index is 12.8. The lowest BCUT2D eigenvalue weighted by molar-refractivity contribution is -0.384. The Morgan fingerprint density at radius 2 is 1.93 bits per heavy atom. The number of piperazine rings is 1. The van der Waals surface area contributed by atoms with Gasteiger partial charge < -0.3 is 15.1 Å². The second-order valence-electron chi connectivity index (χ2n) is 7.05. The summed E-state index contributed by atoms with van der Waals surface area (Å²) < 4.78 is 0. The molecule has 0 bridgehead atoms. The molecule has 2 amide bonds. The predicted molar refractivity (Wildman–Crippen MR) is 116 cm³/mol. The molecular formula is C20H19ClN4O4S. The zero-order valence-electron chi connectivity index (χ0n) is 15.9. The number of nitro groups is 1. The van der Waals surface area contributed by atoms with Gasteiger partial charge in [-0.2, -0.15) is 0 Å². The Morgan fingerprint density at radius 1 is 1.20 bits per heavy atom. The summed E-state index contributed by atoms with van der Waals surface area (Å²) in [5.74, 6) is -0.302. The average molecular weight is 447 g/mol. The van der Waals surface area contributed by atoms with Crippen molar-refractivity contribution in [2.24, 2.45) is 0 Å². The van der Waals surface area contributed by atoms with Crippen molar-refractivity contribution in [1.82, 2.24) is 4.90 Å². The van der Waals surface area contributed by atoms with Gasteiger partial charge in [0, 0.05) is 48.6 Å². The maximum atomic E-state index is 12.8. The number of anilines is 2. The van der Waals surface area contributed by atoms with Gasteiger partial charge in [-0.3, -0.25) is 19.7 Å². The monoisotopic (exact) mass is 446 g/mol. The van der Waals surface area contributed by atoms with E-state index in [0.717, 1.165) is 4.90 Å². The highest BCUT2D eigenvalue weighted by Gasteiger charge is 2.32. The van der Waals surface area contributed by atoms with Gasteiger partial charge in [-0.1, -0.05) is 23.7 Å². The van der Waals surface area contributed by atoms with Crippen molar-refractivity contribution < 1.29 is 14.5 Å². The highest BCUT2D eigenvalue weighted by Crippen LogP contribution is 2.38. The number of halogens is 1. The highest BCUT2D eigenvalue weighted by molar-refractivity contribution is 8.01. The van der Waals surface area contributed by atoms with Crippen LogP contribution < -0.4 is 10.2 Å². The summed E-state index contributed by atoms with van der Waals surface area (Å²) in [6.45, 7) is 1.91. The number of fused-ring (bicyclic) bond motifs is 1. The molecule has 30 heavy (non-hydrogen) atoms. The molecule has 0 spiro atoms. The molecule has 156 valence electrons. The van der Waals surface area contributed by atoms with Crippen LogP contribution in [0.3, 0.4) is 0 Å². The first-order valence-electron chi connectivity index (χ1n) is 9.45. The summed E-state index contributed by atoms with van der Waals surface area (Å²) >= 11 is 7.33. The number of amides is 2. The number of carbonyl (C=O) groups is 2. The third kappa shape index (κ3) is 4.22. The Balaban J connectivity index is 1.37. The smallest absolute Gasteiger partial charge is 0.292 e. The molecule has 1 saturated heterocycles. The van der Waals surface area contributed by atoms with Crippen LogP contribution in [0.1, 0.15) is 6.42 Å². The lowest BCUT2D eigenvalue weighted by Crippen LogP contribution is -2.50. The number of rotatable bonds is 4. The second-order valence-corrected chi connectivity index (χ2v) is 8.74. The Kier molecular flexibility index (Phi) is 5.83. The van der Waals surface area contributed by atoms with Crippen molar-refractivity contribution in [3.63, 3.8) is 0 Å². The van der Waals surface area contributed by atoms with Crippen LogP contribution in [0.15, 0.2) is 47.4 Å². The lowest BCUT2D eigenvalue weighted by Gasteiger charge is -2.36. The lowest BCUT2D eigenvalue weighted by atomic mass is 10.2. The minimum atomic E-state index is -0.501. The van der Waals surface area contributed by atoms with Crippen molar-refractivity contribution in [3.8, 4) is 0 Å². The van der Waals surface area contributed by atoms with Gasteiger partial charge in [-0.05, 0) is 24.3 Å². The van der Waals surface area contributed by atoms with Crippen molar-refractivity contribution in [1.29, 1.82) is 0 Å². The summed E-state index contributed by atoms with van der Waals surface area (Å²) in [4.78, 5) is 40.6. The summed E-state index contributed by atoms with van der Waals surface area (Å²) in [6, 6.07) is 11.9. The molecule has 2 aliphatic heterocycles. The molecule has 2 heterocycles. The van der Waals surface area contributed by atoms with Crippen molar-refractivity contribution in [3.05, 3.63) is 57.6 Å². The zero-order chi connectivity index (χ0) is 21.3. The van der Waals surface area contributed by atoms with Crippen LogP contribution in [-0.4, -0.2) is 53.1 Å². The van der Waals surface area contributed by atoms with Crippen LogP contribution in [0.25, 0.3) is 0 Å². The minimum Gasteiger partial charge on any atom is -0.362 e. The largest absolute Gasteiger partial charge is 0.362 e. The van der Waals surface area contributed by atoms with Crippen LogP contribution in [0.5, 0.6) is 0 Å². The van der Waals surface area contributed by atoms with Gasteiger partial charge >= 0.3 is 0 Å². The SMILES string of the molecule is O=C1Nc2cc(Cl)ccc2SC1CC(=O)N1CCN(c2ccccc2[N+](=O)[O-])CC1. The molecule has 0 saturated carbocycles. The van der Waals surface area contributed by atoms with Crippen molar-refractivity contribution in [2.75, 3.05) is 36.4 Å². The fourth-order valence-electron chi connectivity index (χ4n) is 3.63. The van der Waals surface area contributed by atoms with Crippen molar-refractivity contribution >= 4 is 52.2 Å². The van der Waals surface area contributed by atoms with Crippen LogP contribution in [0, 0.1) is 10.1 Å². The van der Waals surface area contributed by atoms with E-state index in [2.05, 4.69) is 5.32 Å². The standard InChI is InChI=1S/C20H19ClN4O4S/c21-13-5-6-17-14(11-13)22-20(27)18(30-17)12-19(26)24-9-7-23(8-10-24)15-3-1-2-4-16(15)25(28)29/h1-6,11,18H,7-10,12H2,(H,22,27). The van der Waals surface area contributed by atoms with Gasteiger partial charge in [0.2, 0.25) is 11.8 Å². The van der Waals surface area contributed by atoms with Crippen LogP contribution in [0.4, 0.5) is 17.1 Å². The first-order chi connectivity index (χ1) is 14.4. The molecule has 0 aliphatic carbocycles. The number of benzene rings is 2. The quantitative estimate of drug-likeness (QED) is 0.571. The Hall–Kier alpha value is -2.78. The summed E-state index contributed by atoms with van der Waals surface area (Å²) in [7, 11) is 0. The number of para-hydroxylation sites is 2. The van der Waals surface area contributed by atoms with E-state index in [0.29, 0.717) is 42.6 Å². The number of nitrogens with one attached hydrogen (secondary N) is 1. The van der Waals surface area contributed by atoms with E-state index in [1.54, 1.807) is 35.2 Å². The molecular weight excluding hydrogens is 428 g/mol. The number of nitrogens with zero attached hydrogens (tertiary/aromatic N) is 3. The zero-order valence-corrected chi connectivity index (χ0v) is 17.5. The van der Waals surface area contributed by atoms with E-state index in [1.165, 1.54) is 17.8 Å². The number of thioether (sulfide) groups is 1. The molecule has 4 rings (SSSR count). The van der Waals surface area contributed by atoms with Crippen LogP contribution in [-0.2, 0) is 9.59 Å². The molecule has 8 nitrogen and oxygen atoms in total. The summed E-state index contributed by atoms with van der Waals surface area (Å²) in [5.41, 5.74) is 1.29. The number of hydrogen-bond donors (Lipinski definition) is 1. The third-order valence-electron chi connectivity index (χ3n) is 5.17. The fourth-order valence-corrected chi connectivity index (χ4v) is 4.88. The van der Waals surface area contributed by atoms with E-state index in [9.17, 15) is 19.7 Å². The van der Waals surface area contributed by atoms with Gasteiger partial charge in [0.1, 0.15) is 5.69 Å². The van der Waals surface area contributed by atoms with Gasteiger partial charge in [0.15, 0.2) is 0 Å². The summed E-state index contributed by atoms with van der Waals surface area (Å²) in [5, 5.41) is 14.1. The fraction of sp³-hybridized carbons (Fsp3) is 0.300. The van der Waals surface area contributed by atoms with E-state index in [-0.39, 0.29) is 23.9 Å². The molecule has 0 radical (unpaired) electrons. The topological polar surface area (TPSA) is 95.8 Å². The number of hydrogen-bond acceptors (Lipinski definition) is 6. The van der Waals surface area contributed by atoms with Crippen LogP contribution >= 0.6 is 23.4 Å². The number of nitro benzene ring substituents is 1. The maximum Gasteiger partial charge on any atom is 0.292 e. The first-order valence-corrected chi connectivity index (χ1v) is 10.7. The van der Waals surface area contributed by atoms with Crippen molar-refractivity contribution in [2.45, 2.75) is 16.6 Å². The molecule has 0 aromatic heterocycles. The molecule has 1 atom stereocenters. The highest BCUT2D eigenvalue weighted by atomic mass is 35.5. The van der Waals surface area contributed by atoms with E-state index in [4.69, 9.17) is 11.6 Å². The van der Waals surface area contributed by atoms with Gasteiger partial charge in [0.05, 0.1) is 15.9 Å². The van der Waals surface area contributed by atoms with Crippen LogP contribution in [0.2, 0.25) is 5.02 Å². The molecule has 2 aromatic carbocycles. The second kappa shape index (κ2) is 8.53. The van der Waals surface area contributed by atoms with E-state index in [1.807, 2.05) is 11.0 Å². The average Bonchev–Trinajstić information content (AvgIpc) is 2.74. The first kappa shape index (κ1) is 20.5. The normalized spacial score (nSPS) is 18.6. The molecule has 10 heteroatoms. The molecule has 1 unspecified atom stereocenters.